The first kappa shape index (κ1) is 30.3. The minimum absolute atomic E-state index is 0.0769. The van der Waals surface area contributed by atoms with Gasteiger partial charge in [0.05, 0.1) is 16.5 Å². The molecule has 2 aromatic heterocycles. The van der Waals surface area contributed by atoms with Crippen LogP contribution >= 0.6 is 46.3 Å². The highest BCUT2D eigenvalue weighted by molar-refractivity contribution is 7.98. The summed E-state index contributed by atoms with van der Waals surface area (Å²) in [5, 5.41) is 13.6. The van der Waals surface area contributed by atoms with Gasteiger partial charge >= 0.3 is 0 Å². The number of halogens is 2. The number of carbonyl (C=O) groups is 1. The first-order chi connectivity index (χ1) is 20.3. The molecular weight excluding hydrogens is 607 g/mol. The van der Waals surface area contributed by atoms with Gasteiger partial charge in [-0.1, -0.05) is 83.5 Å². The number of carbonyl (C=O) groups excluding carboxylic acids is 1. The third-order valence-corrected chi connectivity index (χ3v) is 9.11. The van der Waals surface area contributed by atoms with E-state index >= 15 is 0 Å². The smallest absolute Gasteiger partial charge is 0.273 e. The van der Waals surface area contributed by atoms with E-state index in [1.54, 1.807) is 0 Å². The van der Waals surface area contributed by atoms with E-state index in [1.807, 2.05) is 109 Å². The highest BCUT2D eigenvalue weighted by Gasteiger charge is 2.22. The molecule has 216 valence electrons. The Hall–Kier alpha value is -3.21. The van der Waals surface area contributed by atoms with E-state index in [-0.39, 0.29) is 5.91 Å². The van der Waals surface area contributed by atoms with Gasteiger partial charge in [-0.2, -0.15) is 0 Å². The van der Waals surface area contributed by atoms with Crippen molar-refractivity contribution in [1.82, 2.24) is 29.5 Å². The molecule has 7 nitrogen and oxygen atoms in total. The highest BCUT2D eigenvalue weighted by Crippen LogP contribution is 2.35. The Bertz CT molecular complexity index is 1670. The van der Waals surface area contributed by atoms with Crippen molar-refractivity contribution in [1.29, 1.82) is 0 Å². The summed E-state index contributed by atoms with van der Waals surface area (Å²) in [5.41, 5.74) is 4.20. The Kier molecular flexibility index (Phi) is 9.97. The van der Waals surface area contributed by atoms with E-state index < -0.39 is 0 Å². The van der Waals surface area contributed by atoms with Crippen LogP contribution in [-0.4, -0.2) is 62.6 Å². The van der Waals surface area contributed by atoms with Crippen molar-refractivity contribution in [2.24, 2.45) is 0 Å². The summed E-state index contributed by atoms with van der Waals surface area (Å²) < 4.78 is 1.98. The fourth-order valence-electron chi connectivity index (χ4n) is 4.36. The van der Waals surface area contributed by atoms with Gasteiger partial charge in [-0.15, -0.1) is 21.5 Å². The maximum Gasteiger partial charge on any atom is 0.273 e. The second kappa shape index (κ2) is 13.8. The number of nitrogens with zero attached hydrogens (tertiary/aromatic N) is 6. The van der Waals surface area contributed by atoms with Crippen LogP contribution in [0.2, 0.25) is 10.0 Å². The van der Waals surface area contributed by atoms with Crippen LogP contribution in [-0.2, 0) is 12.3 Å². The van der Waals surface area contributed by atoms with Crippen LogP contribution in [0.1, 0.15) is 26.6 Å². The van der Waals surface area contributed by atoms with E-state index in [0.717, 1.165) is 33.9 Å². The summed E-state index contributed by atoms with van der Waals surface area (Å²) in [5.74, 6) is 1.07. The maximum atomic E-state index is 13.5. The monoisotopic (exact) mass is 636 g/mol. The van der Waals surface area contributed by atoms with Crippen LogP contribution in [0.3, 0.4) is 0 Å². The van der Waals surface area contributed by atoms with Crippen LogP contribution < -0.4 is 0 Å². The third kappa shape index (κ3) is 7.22. The number of thiazole rings is 1. The number of thioether (sulfide) groups is 1. The van der Waals surface area contributed by atoms with Crippen LogP contribution in [0.5, 0.6) is 0 Å². The Balaban J connectivity index is 1.39. The topological polar surface area (TPSA) is 67.2 Å². The number of hydrogen-bond donors (Lipinski definition) is 0. The molecule has 0 radical (unpaired) electrons. The van der Waals surface area contributed by atoms with Crippen LogP contribution in [0.4, 0.5) is 0 Å². The molecule has 0 N–H and O–H groups in total. The van der Waals surface area contributed by atoms with Gasteiger partial charge in [0.25, 0.3) is 5.91 Å². The molecule has 0 atom stereocenters. The molecule has 0 fully saturated rings. The van der Waals surface area contributed by atoms with E-state index in [0.29, 0.717) is 45.6 Å². The molecule has 0 aliphatic carbocycles. The first-order valence-electron chi connectivity index (χ1n) is 13.3. The summed E-state index contributed by atoms with van der Waals surface area (Å²) in [6.45, 7) is 3.92. The number of hydrogen-bond acceptors (Lipinski definition) is 7. The van der Waals surface area contributed by atoms with Crippen molar-refractivity contribution in [2.75, 3.05) is 27.2 Å². The predicted octanol–water partition coefficient (Wildman–Crippen LogP) is 7.50. The molecule has 2 heterocycles. The molecule has 1 amide bonds. The molecule has 0 bridgehead atoms. The van der Waals surface area contributed by atoms with Crippen LogP contribution in [0.25, 0.3) is 17.1 Å². The fraction of sp³-hybridized carbons (Fsp3) is 0.226. The molecule has 3 aromatic carbocycles. The van der Waals surface area contributed by atoms with Crippen molar-refractivity contribution >= 4 is 52.2 Å². The summed E-state index contributed by atoms with van der Waals surface area (Å²) in [4.78, 5) is 22.2. The average Bonchev–Trinajstić information content (AvgIpc) is 3.63. The van der Waals surface area contributed by atoms with Gasteiger partial charge in [0.1, 0.15) is 10.7 Å². The number of likely N-dealkylation sites (N-methyl/N-ethyl adjacent to an activating group) is 1. The lowest BCUT2D eigenvalue weighted by Gasteiger charge is -2.24. The fourth-order valence-corrected chi connectivity index (χ4v) is 6.48. The number of aryl methyl sites for hydroxylation is 1. The molecule has 0 aliphatic heterocycles. The van der Waals surface area contributed by atoms with Gasteiger partial charge in [-0.25, -0.2) is 4.98 Å². The van der Waals surface area contributed by atoms with Gasteiger partial charge in [-0.3, -0.25) is 9.36 Å². The van der Waals surface area contributed by atoms with E-state index in [2.05, 4.69) is 15.1 Å². The third-order valence-electron chi connectivity index (χ3n) is 6.58. The lowest BCUT2D eigenvalue weighted by molar-refractivity contribution is 0.0726. The van der Waals surface area contributed by atoms with Crippen molar-refractivity contribution in [3.8, 4) is 17.1 Å². The molecule has 5 aromatic rings. The lowest BCUT2D eigenvalue weighted by atomic mass is 10.1. The molecular formula is C31H30Cl2N6OS2. The largest absolute Gasteiger partial charge is 0.332 e. The zero-order valence-electron chi connectivity index (χ0n) is 23.5. The van der Waals surface area contributed by atoms with E-state index in [1.165, 1.54) is 23.1 Å². The maximum absolute atomic E-state index is 13.5. The van der Waals surface area contributed by atoms with Gasteiger partial charge in [0.15, 0.2) is 11.0 Å². The van der Waals surface area contributed by atoms with Gasteiger partial charge < -0.3 is 9.80 Å². The van der Waals surface area contributed by atoms with Gasteiger partial charge in [-0.05, 0) is 56.4 Å². The Morgan fingerprint density at radius 1 is 0.976 bits per heavy atom. The van der Waals surface area contributed by atoms with Crippen molar-refractivity contribution < 1.29 is 4.79 Å². The standard InChI is InChI=1S/C31H30Cl2N6OS2/c1-21-13-14-23(32)17-27(21)39-29(24-11-7-8-12-25(24)33)35-36-31(39)42-20-28-34-26(19-41-28)30(40)38(16-15-37(2)3)18-22-9-5-4-6-10-22/h4-14,17,19H,15-16,18,20H2,1-3H3. The highest BCUT2D eigenvalue weighted by atomic mass is 35.5. The van der Waals surface area contributed by atoms with E-state index in [9.17, 15) is 4.79 Å². The summed E-state index contributed by atoms with van der Waals surface area (Å²) in [6, 6.07) is 23.3. The second-order valence-electron chi connectivity index (χ2n) is 9.98. The lowest BCUT2D eigenvalue weighted by Crippen LogP contribution is -2.36. The molecule has 0 spiro atoms. The van der Waals surface area contributed by atoms with Crippen molar-refractivity contribution in [3.63, 3.8) is 0 Å². The second-order valence-corrected chi connectivity index (χ2v) is 12.7. The number of rotatable bonds is 11. The van der Waals surface area contributed by atoms with Crippen molar-refractivity contribution in [3.05, 3.63) is 110 Å². The Morgan fingerprint density at radius 2 is 1.74 bits per heavy atom. The molecule has 42 heavy (non-hydrogen) atoms. The van der Waals surface area contributed by atoms with E-state index in [4.69, 9.17) is 28.2 Å². The van der Waals surface area contributed by atoms with Gasteiger partial charge in [0.2, 0.25) is 0 Å². The number of amides is 1. The molecule has 5 rings (SSSR count). The molecule has 0 aliphatic rings. The van der Waals surface area contributed by atoms with Crippen LogP contribution in [0.15, 0.2) is 83.3 Å². The zero-order valence-corrected chi connectivity index (χ0v) is 26.6. The van der Waals surface area contributed by atoms with Crippen molar-refractivity contribution in [2.45, 2.75) is 24.4 Å². The quantitative estimate of drug-likeness (QED) is 0.140. The normalized spacial score (nSPS) is 11.3. The molecule has 11 heteroatoms. The SMILES string of the molecule is Cc1ccc(Cl)cc1-n1c(SCc2nc(C(=O)N(CCN(C)C)Cc3ccccc3)cs2)nnc1-c1ccccc1Cl. The molecule has 0 saturated heterocycles. The molecule has 0 unspecified atom stereocenters. The summed E-state index contributed by atoms with van der Waals surface area (Å²) in [7, 11) is 4.01. The first-order valence-corrected chi connectivity index (χ1v) is 15.9. The Labute approximate surface area is 264 Å². The average molecular weight is 638 g/mol. The Morgan fingerprint density at radius 3 is 2.50 bits per heavy atom. The summed E-state index contributed by atoms with van der Waals surface area (Å²) in [6.07, 6.45) is 0. The minimum Gasteiger partial charge on any atom is -0.332 e. The minimum atomic E-state index is -0.0769. The van der Waals surface area contributed by atoms with Crippen LogP contribution in [0, 0.1) is 6.92 Å². The van der Waals surface area contributed by atoms with Gasteiger partial charge in [0, 0.05) is 35.6 Å². The molecule has 0 saturated carbocycles. The number of benzene rings is 3. The summed E-state index contributed by atoms with van der Waals surface area (Å²) >= 11 is 15.9. The predicted molar refractivity (Wildman–Crippen MR) is 173 cm³/mol. The number of aromatic nitrogens is 4. The zero-order chi connectivity index (χ0) is 29.6.